The number of esters is 1. The van der Waals surface area contributed by atoms with Crippen LogP contribution in [0.5, 0.6) is 0 Å². The van der Waals surface area contributed by atoms with E-state index in [2.05, 4.69) is 5.32 Å². The quantitative estimate of drug-likeness (QED) is 0.770. The monoisotopic (exact) mass is 221 g/mol. The van der Waals surface area contributed by atoms with Gasteiger partial charge in [0, 0.05) is 6.42 Å². The van der Waals surface area contributed by atoms with Gasteiger partial charge in [-0.15, -0.1) is 0 Å². The number of benzene rings is 1. The molecule has 0 saturated carbocycles. The van der Waals surface area contributed by atoms with E-state index in [1.165, 1.54) is 0 Å². The smallest absolute Gasteiger partial charge is 0.326 e. The van der Waals surface area contributed by atoms with Crippen LogP contribution in [0.25, 0.3) is 0 Å². The van der Waals surface area contributed by atoms with E-state index in [9.17, 15) is 4.79 Å². The number of ether oxygens (including phenoxy) is 1. The maximum absolute atomic E-state index is 11.8. The number of rotatable bonds is 5. The van der Waals surface area contributed by atoms with Gasteiger partial charge in [-0.2, -0.15) is 0 Å². The van der Waals surface area contributed by atoms with Gasteiger partial charge in [0.15, 0.2) is 0 Å². The first-order valence-corrected chi connectivity index (χ1v) is 5.52. The summed E-state index contributed by atoms with van der Waals surface area (Å²) < 4.78 is 5.07. The van der Waals surface area contributed by atoms with Gasteiger partial charge in [-0.25, -0.2) is 0 Å². The number of hydrogen-bond acceptors (Lipinski definition) is 3. The van der Waals surface area contributed by atoms with Crippen molar-refractivity contribution in [1.29, 1.82) is 0 Å². The van der Waals surface area contributed by atoms with Crippen LogP contribution in [0.1, 0.15) is 19.4 Å². The molecule has 16 heavy (non-hydrogen) atoms. The molecule has 3 nitrogen and oxygen atoms in total. The van der Waals surface area contributed by atoms with E-state index in [4.69, 9.17) is 4.74 Å². The van der Waals surface area contributed by atoms with Crippen molar-refractivity contribution < 1.29 is 9.53 Å². The zero-order chi connectivity index (χ0) is 12.0. The van der Waals surface area contributed by atoms with Gasteiger partial charge in [-0.3, -0.25) is 4.79 Å². The third kappa shape index (κ3) is 3.07. The molecule has 1 rings (SSSR count). The Kier molecular flexibility index (Phi) is 4.50. The van der Waals surface area contributed by atoms with E-state index in [0.29, 0.717) is 13.0 Å². The average molecular weight is 221 g/mol. The highest BCUT2D eigenvalue weighted by Crippen LogP contribution is 2.14. The maximum atomic E-state index is 11.8. The summed E-state index contributed by atoms with van der Waals surface area (Å²) in [6.07, 6.45) is 0.628. The fourth-order valence-corrected chi connectivity index (χ4v) is 1.56. The minimum absolute atomic E-state index is 0.207. The molecule has 0 spiro atoms. The summed E-state index contributed by atoms with van der Waals surface area (Å²) in [7, 11) is 1.78. The van der Waals surface area contributed by atoms with Gasteiger partial charge < -0.3 is 10.1 Å². The predicted octanol–water partition coefficient (Wildman–Crippen LogP) is 1.77. The molecular formula is C13H19NO2. The van der Waals surface area contributed by atoms with Crippen molar-refractivity contribution in [2.45, 2.75) is 25.8 Å². The van der Waals surface area contributed by atoms with Gasteiger partial charge >= 0.3 is 5.97 Å². The summed E-state index contributed by atoms with van der Waals surface area (Å²) >= 11 is 0. The summed E-state index contributed by atoms with van der Waals surface area (Å²) in [5, 5.41) is 3.04. The van der Waals surface area contributed by atoms with E-state index in [1.807, 2.05) is 44.2 Å². The van der Waals surface area contributed by atoms with Gasteiger partial charge in [0.05, 0.1) is 6.61 Å². The lowest BCUT2D eigenvalue weighted by Gasteiger charge is -2.26. The van der Waals surface area contributed by atoms with Crippen molar-refractivity contribution in [3.63, 3.8) is 0 Å². The summed E-state index contributed by atoms with van der Waals surface area (Å²) in [5.74, 6) is -0.207. The molecule has 1 unspecified atom stereocenters. The van der Waals surface area contributed by atoms with Crippen LogP contribution >= 0.6 is 0 Å². The highest BCUT2D eigenvalue weighted by atomic mass is 16.5. The van der Waals surface area contributed by atoms with Crippen LogP contribution in [0.4, 0.5) is 0 Å². The highest BCUT2D eigenvalue weighted by molar-refractivity contribution is 5.80. The lowest BCUT2D eigenvalue weighted by molar-refractivity contribution is -0.150. The lowest BCUT2D eigenvalue weighted by atomic mass is 9.93. The normalized spacial score (nSPS) is 14.2. The third-order valence-electron chi connectivity index (χ3n) is 2.68. The minimum atomic E-state index is -0.655. The summed E-state index contributed by atoms with van der Waals surface area (Å²) in [6.45, 7) is 4.08. The molecule has 1 aromatic carbocycles. The van der Waals surface area contributed by atoms with Crippen molar-refractivity contribution in [3.05, 3.63) is 35.9 Å². The molecule has 0 heterocycles. The molecule has 0 bridgehead atoms. The molecule has 0 aliphatic heterocycles. The van der Waals surface area contributed by atoms with Crippen molar-refractivity contribution in [3.8, 4) is 0 Å². The summed E-state index contributed by atoms with van der Waals surface area (Å²) in [6, 6.07) is 9.92. The Morgan fingerprint density at radius 2 is 2.00 bits per heavy atom. The fraction of sp³-hybridized carbons (Fsp3) is 0.462. The predicted molar refractivity (Wildman–Crippen MR) is 64.2 cm³/mol. The number of carbonyl (C=O) groups is 1. The van der Waals surface area contributed by atoms with E-state index >= 15 is 0 Å². The zero-order valence-corrected chi connectivity index (χ0v) is 10.1. The van der Waals surface area contributed by atoms with Gasteiger partial charge in [-0.1, -0.05) is 30.3 Å². The Morgan fingerprint density at radius 1 is 1.38 bits per heavy atom. The summed E-state index contributed by atoms with van der Waals surface area (Å²) in [5.41, 5.74) is 0.463. The van der Waals surface area contributed by atoms with Crippen LogP contribution < -0.4 is 5.32 Å². The SMILES string of the molecule is CCOC(=O)C(C)(Cc1ccccc1)NC. The van der Waals surface area contributed by atoms with E-state index in [-0.39, 0.29) is 5.97 Å². The largest absolute Gasteiger partial charge is 0.465 e. The molecule has 0 fully saturated rings. The van der Waals surface area contributed by atoms with Crippen molar-refractivity contribution in [2.24, 2.45) is 0 Å². The Hall–Kier alpha value is -1.35. The first-order valence-electron chi connectivity index (χ1n) is 5.52. The van der Waals surface area contributed by atoms with Crippen molar-refractivity contribution in [1.82, 2.24) is 5.32 Å². The number of likely N-dealkylation sites (N-methyl/N-ethyl adjacent to an activating group) is 1. The summed E-state index contributed by atoms with van der Waals surface area (Å²) in [4.78, 5) is 11.8. The molecular weight excluding hydrogens is 202 g/mol. The number of hydrogen-bond donors (Lipinski definition) is 1. The standard InChI is InChI=1S/C13H19NO2/c1-4-16-12(15)13(2,14-3)10-11-8-6-5-7-9-11/h5-9,14H,4,10H2,1-3H3. The average Bonchev–Trinajstić information content (AvgIpc) is 2.30. The highest BCUT2D eigenvalue weighted by Gasteiger charge is 2.32. The molecule has 1 N–H and O–H groups in total. The number of carbonyl (C=O) groups excluding carboxylic acids is 1. The first kappa shape index (κ1) is 12.7. The molecule has 1 atom stereocenters. The van der Waals surface area contributed by atoms with Crippen LogP contribution in [0, 0.1) is 0 Å². The van der Waals surface area contributed by atoms with Crippen LogP contribution in [-0.2, 0) is 16.0 Å². The second-order valence-electron chi connectivity index (χ2n) is 3.96. The Balaban J connectivity index is 2.78. The molecule has 0 aliphatic rings. The molecule has 0 amide bonds. The fourth-order valence-electron chi connectivity index (χ4n) is 1.56. The van der Waals surface area contributed by atoms with Crippen LogP contribution in [0.15, 0.2) is 30.3 Å². The van der Waals surface area contributed by atoms with Gasteiger partial charge in [-0.05, 0) is 26.5 Å². The van der Waals surface area contributed by atoms with E-state index in [0.717, 1.165) is 5.56 Å². The second kappa shape index (κ2) is 5.66. The van der Waals surface area contributed by atoms with Gasteiger partial charge in [0.2, 0.25) is 0 Å². The molecule has 3 heteroatoms. The van der Waals surface area contributed by atoms with E-state index < -0.39 is 5.54 Å². The molecule has 0 aromatic heterocycles. The lowest BCUT2D eigenvalue weighted by Crippen LogP contribution is -2.50. The van der Waals surface area contributed by atoms with Crippen molar-refractivity contribution >= 4 is 5.97 Å². The van der Waals surface area contributed by atoms with E-state index in [1.54, 1.807) is 7.05 Å². The molecule has 0 radical (unpaired) electrons. The molecule has 0 saturated heterocycles. The van der Waals surface area contributed by atoms with Gasteiger partial charge in [0.25, 0.3) is 0 Å². The third-order valence-corrected chi connectivity index (χ3v) is 2.68. The Morgan fingerprint density at radius 3 is 2.50 bits per heavy atom. The topological polar surface area (TPSA) is 38.3 Å². The Bertz CT molecular complexity index is 337. The zero-order valence-electron chi connectivity index (χ0n) is 10.1. The van der Waals surface area contributed by atoms with Crippen LogP contribution in [-0.4, -0.2) is 25.2 Å². The first-order chi connectivity index (χ1) is 7.62. The minimum Gasteiger partial charge on any atom is -0.465 e. The Labute approximate surface area is 96.8 Å². The van der Waals surface area contributed by atoms with Crippen LogP contribution in [0.2, 0.25) is 0 Å². The maximum Gasteiger partial charge on any atom is 0.326 e. The van der Waals surface area contributed by atoms with Gasteiger partial charge in [0.1, 0.15) is 5.54 Å². The molecule has 0 aliphatic carbocycles. The molecule has 1 aromatic rings. The van der Waals surface area contributed by atoms with Crippen LogP contribution in [0.3, 0.4) is 0 Å². The second-order valence-corrected chi connectivity index (χ2v) is 3.96. The van der Waals surface area contributed by atoms with Crippen molar-refractivity contribution in [2.75, 3.05) is 13.7 Å². The molecule has 88 valence electrons. The number of nitrogens with one attached hydrogen (secondary N) is 1.